The number of ether oxygens (including phenoxy) is 3. The van der Waals surface area contributed by atoms with E-state index >= 15 is 0 Å². The first kappa shape index (κ1) is 58.6. The molecule has 5 N–H and O–H groups in total. The van der Waals surface area contributed by atoms with Crippen molar-refractivity contribution in [3.63, 3.8) is 0 Å². The number of benzene rings is 1. The molecular weight excluding hydrogens is 1270 g/mol. The number of nitrogens with one attached hydrogen (secondary N) is 4. The van der Waals surface area contributed by atoms with Crippen molar-refractivity contribution in [2.24, 2.45) is 45.3 Å². The zero-order chi connectivity index (χ0) is 70.5. The molecule has 510 valence electrons. The third kappa shape index (κ3) is 11.6. The lowest BCUT2D eigenvalue weighted by Gasteiger charge is -2.34. The fourth-order valence-electron chi connectivity index (χ4n) is 17.1. The van der Waals surface area contributed by atoms with Gasteiger partial charge in [0.1, 0.15) is 18.2 Å². The number of sulfonamides is 2. The summed E-state index contributed by atoms with van der Waals surface area (Å²) in [6.07, 6.45) is 14.5. The van der Waals surface area contributed by atoms with Gasteiger partial charge in [-0.15, -0.1) is 10.2 Å². The second-order valence-corrected chi connectivity index (χ2v) is 32.8. The second kappa shape index (κ2) is 23.3. The lowest BCUT2D eigenvalue weighted by atomic mass is 9.93. The van der Waals surface area contributed by atoms with Crippen LogP contribution in [0, 0.1) is 45.3 Å². The third-order valence-electron chi connectivity index (χ3n) is 22.5. The molecular formula is C71H84N14O10S2. The molecule has 6 saturated carbocycles. The molecule has 8 bridgehead atoms. The van der Waals surface area contributed by atoms with E-state index in [9.17, 15) is 31.5 Å². The SMILES string of the molecule is [2H]C([2H])(COc1ccn(-c2ccc3c(n2)N2C[C@@H](CCCNc4nc(ccc4O)S(=O)(=O)NC3=O)CC2(C)C)n1)C1C2(CC2)C12CC2.[2H]C([2H])(COc1ccn(-c2ccc3c(n2)N2C[C@@H](CCCNc4nc(ccc4OCc4ccccc4)S(=O)(=O)NC3=O)CC2(C)C)n1)C1C2(CC2)C12CC2. The lowest BCUT2D eigenvalue weighted by molar-refractivity contribution is 0.0972. The Balaban J connectivity index is 0.000000158. The molecule has 10 aliphatic rings. The Hall–Kier alpha value is -8.52. The largest absolute Gasteiger partial charge is 0.504 e. The molecule has 24 nitrogen and oxygen atoms in total. The summed E-state index contributed by atoms with van der Waals surface area (Å²) < 4.78 is 114. The zero-order valence-electron chi connectivity index (χ0n) is 58.9. The van der Waals surface area contributed by atoms with Crippen LogP contribution >= 0.6 is 0 Å². The van der Waals surface area contributed by atoms with Crippen LogP contribution in [0.15, 0.2) is 113 Å². The van der Waals surface area contributed by atoms with Gasteiger partial charge >= 0.3 is 0 Å². The zero-order valence-corrected chi connectivity index (χ0v) is 56.5. The fourth-order valence-corrected chi connectivity index (χ4v) is 18.9. The monoisotopic (exact) mass is 1360 g/mol. The lowest BCUT2D eigenvalue weighted by Crippen LogP contribution is -2.41. The van der Waals surface area contributed by atoms with Crippen LogP contribution in [-0.4, -0.2) is 124 Å². The molecule has 4 aliphatic heterocycles. The minimum absolute atomic E-state index is 0.0418. The number of nitrogens with zero attached hydrogens (tertiary/aromatic N) is 10. The summed E-state index contributed by atoms with van der Waals surface area (Å²) in [5, 5.41) is 24.9. The number of amides is 2. The van der Waals surface area contributed by atoms with Crippen molar-refractivity contribution in [3.8, 4) is 34.9 Å². The topological polar surface area (TPSA) is 292 Å². The number of aromatic nitrogens is 8. The van der Waals surface area contributed by atoms with Gasteiger partial charge in [0.15, 0.2) is 44.8 Å². The summed E-state index contributed by atoms with van der Waals surface area (Å²) in [6.45, 7) is 10.8. The smallest absolute Gasteiger partial charge is 0.281 e. The summed E-state index contributed by atoms with van der Waals surface area (Å²) in [6, 6.07) is 24.6. The predicted molar refractivity (Wildman–Crippen MR) is 361 cm³/mol. The van der Waals surface area contributed by atoms with Crippen LogP contribution in [0.25, 0.3) is 11.6 Å². The van der Waals surface area contributed by atoms with Crippen LogP contribution in [0.4, 0.5) is 23.3 Å². The van der Waals surface area contributed by atoms with Gasteiger partial charge in [-0.05, 0) is 230 Å². The minimum Gasteiger partial charge on any atom is -0.504 e. The van der Waals surface area contributed by atoms with Crippen LogP contribution in [0.3, 0.4) is 0 Å². The summed E-state index contributed by atoms with van der Waals surface area (Å²) in [5.41, 5.74) is 1.24. The van der Waals surface area contributed by atoms with E-state index in [0.717, 1.165) is 102 Å². The van der Waals surface area contributed by atoms with Crippen molar-refractivity contribution in [2.45, 2.75) is 158 Å². The standard InChI is InChI=1S/C39H45N7O5S.C32H39N7O5S/c1-37(2)23-27-9-6-20-40-34-29(51-25-26-7-4-3-5-8-26)11-13-33(42-34)52(48,49)44-36(47)28-10-12-31(41-35(28)45(37)24-27)46-21-14-32(43-46)50-22-15-30-38(16-17-38)39(30)18-19-39;1-30(2)18-20-4-3-15-33-27-22(40)6-8-26(35-27)45(42,43)37-29(41)21-5-7-24(34-28(21)38(30)19-20)39-16-9-25(36-39)44-17-10-23-31(11-12-31)32(23)13-14-32/h3-5,7-8,10-14,21,27,30H,6,9,15-20,22-25H2,1-2H3,(H,40,42)(H,44,47);5-9,16,20,23,40H,3-4,10-15,17-19H2,1-2H3,(H,33,35)(H,37,41)/t27-;20-/m00/s1/i15D2;10D2. The van der Waals surface area contributed by atoms with Crippen LogP contribution in [0.2, 0.25) is 0 Å². The maximum atomic E-state index is 14.0. The second-order valence-electron chi connectivity index (χ2n) is 29.5. The number of rotatable bonds is 13. The van der Waals surface area contributed by atoms with E-state index < -0.39 is 49.6 Å². The van der Waals surface area contributed by atoms with Gasteiger partial charge < -0.3 is 39.8 Å². The molecule has 7 aromatic rings. The Morgan fingerprint density at radius 2 is 1.01 bits per heavy atom. The van der Waals surface area contributed by atoms with Crippen molar-refractivity contribution in [2.75, 3.05) is 59.8 Å². The van der Waals surface area contributed by atoms with Crippen molar-refractivity contribution in [1.29, 1.82) is 0 Å². The summed E-state index contributed by atoms with van der Waals surface area (Å²) in [4.78, 5) is 50.1. The van der Waals surface area contributed by atoms with Crippen LogP contribution in [-0.2, 0) is 26.7 Å². The molecule has 97 heavy (non-hydrogen) atoms. The average molecular weight is 1360 g/mol. The van der Waals surface area contributed by atoms with Gasteiger partial charge in [0, 0.05) is 67.3 Å². The number of hydrogen-bond acceptors (Lipinski definition) is 20. The number of carbonyl (C=O) groups is 2. The number of hydrogen-bond donors (Lipinski definition) is 5. The molecule has 2 saturated heterocycles. The van der Waals surface area contributed by atoms with E-state index in [1.807, 2.05) is 30.3 Å². The first-order valence-corrected chi connectivity index (χ1v) is 37.0. The van der Waals surface area contributed by atoms with Crippen molar-refractivity contribution >= 4 is 55.1 Å². The Morgan fingerprint density at radius 3 is 1.48 bits per heavy atom. The maximum absolute atomic E-state index is 14.0. The summed E-state index contributed by atoms with van der Waals surface area (Å²) >= 11 is 0. The predicted octanol–water partition coefficient (Wildman–Crippen LogP) is 10.4. The molecule has 6 aromatic heterocycles. The highest BCUT2D eigenvalue weighted by Gasteiger charge is 2.86. The Bertz CT molecular complexity index is 4660. The normalized spacial score (nSPS) is 24.9. The Labute approximate surface area is 570 Å². The minimum atomic E-state index is -4.40. The molecule has 6 aliphatic carbocycles. The Kier molecular flexibility index (Phi) is 14.1. The number of anilines is 4. The highest BCUT2D eigenvalue weighted by molar-refractivity contribution is 7.90. The molecule has 1 aromatic carbocycles. The van der Waals surface area contributed by atoms with Gasteiger partial charge in [-0.25, -0.2) is 38.7 Å². The van der Waals surface area contributed by atoms with Crippen LogP contribution < -0.4 is 44.1 Å². The van der Waals surface area contributed by atoms with E-state index in [4.69, 9.17) is 29.7 Å². The van der Waals surface area contributed by atoms with E-state index in [2.05, 4.69) is 77.7 Å². The van der Waals surface area contributed by atoms with Gasteiger partial charge in [-0.1, -0.05) is 30.3 Å². The molecule has 4 spiro atoms. The average Bonchev–Trinajstić information content (AvgIpc) is 1.44. The maximum Gasteiger partial charge on any atom is 0.281 e. The van der Waals surface area contributed by atoms with Gasteiger partial charge in [0.2, 0.25) is 11.8 Å². The van der Waals surface area contributed by atoms with Crippen LogP contribution in [0.5, 0.6) is 23.3 Å². The summed E-state index contributed by atoms with van der Waals surface area (Å²) in [7, 11) is -8.79. The number of aromatic hydroxyl groups is 1. The van der Waals surface area contributed by atoms with E-state index in [-0.39, 0.29) is 110 Å². The molecule has 26 heteroatoms. The first-order chi connectivity index (χ1) is 48.0. The number of pyridine rings is 4. The van der Waals surface area contributed by atoms with Crippen LogP contribution in [0.1, 0.15) is 162 Å². The molecule has 8 fully saturated rings. The molecule has 2 atom stereocenters. The van der Waals surface area contributed by atoms with E-state index in [1.165, 1.54) is 21.5 Å². The molecule has 2 amide bonds. The van der Waals surface area contributed by atoms with Gasteiger partial charge in [0.25, 0.3) is 31.9 Å². The van der Waals surface area contributed by atoms with E-state index in [0.29, 0.717) is 66.9 Å². The van der Waals surface area contributed by atoms with Crippen molar-refractivity contribution < 1.29 is 51.2 Å². The highest BCUT2D eigenvalue weighted by Crippen LogP contribution is 2.94. The Morgan fingerprint density at radius 1 is 0.557 bits per heavy atom. The molecule has 10 heterocycles. The van der Waals surface area contributed by atoms with E-state index in [1.54, 1.807) is 54.9 Å². The number of fused-ring (bicyclic) bond motifs is 14. The molecule has 0 unspecified atom stereocenters. The van der Waals surface area contributed by atoms with Gasteiger partial charge in [-0.2, -0.15) is 16.8 Å². The quantitative estimate of drug-likeness (QED) is 0.0717. The van der Waals surface area contributed by atoms with Gasteiger partial charge in [-0.3, -0.25) is 9.59 Å². The number of carbonyl (C=O) groups excluding carboxylic acids is 2. The summed E-state index contributed by atoms with van der Waals surface area (Å²) in [5.74, 6) is 1.65. The first-order valence-electron chi connectivity index (χ1n) is 36.0. The van der Waals surface area contributed by atoms with Gasteiger partial charge in [0.05, 0.1) is 24.3 Å². The molecule has 0 radical (unpaired) electrons. The highest BCUT2D eigenvalue weighted by atomic mass is 32.2. The molecule has 17 rings (SSSR count). The van der Waals surface area contributed by atoms with Crippen molar-refractivity contribution in [1.82, 2.24) is 48.9 Å². The van der Waals surface area contributed by atoms with Crippen molar-refractivity contribution in [3.05, 3.63) is 120 Å². The fraction of sp³-hybridized carbons (Fsp3) is 0.521. The third-order valence-corrected chi connectivity index (χ3v) is 25.0.